The number of fused-ring (bicyclic) bond motifs is 1. The number of carbonyl (C=O) groups is 1. The molecule has 0 aliphatic carbocycles. The van der Waals surface area contributed by atoms with Gasteiger partial charge in [0.15, 0.2) is 0 Å². The summed E-state index contributed by atoms with van der Waals surface area (Å²) in [6.07, 6.45) is 4.89. The lowest BCUT2D eigenvalue weighted by Gasteiger charge is -2.20. The van der Waals surface area contributed by atoms with Crippen molar-refractivity contribution in [1.82, 2.24) is 29.4 Å². The largest absolute Gasteiger partial charge is 0.338 e. The first-order chi connectivity index (χ1) is 14.7. The first-order valence-electron chi connectivity index (χ1n) is 10.1. The average molecular weight is 398 g/mol. The molecule has 1 amide bonds. The third kappa shape index (κ3) is 3.28. The van der Waals surface area contributed by atoms with E-state index in [1.807, 2.05) is 63.7 Å². The fraction of sp³-hybridized carbons (Fsp3) is 0.217. The van der Waals surface area contributed by atoms with E-state index in [1.165, 1.54) is 11.3 Å². The van der Waals surface area contributed by atoms with Gasteiger partial charge in [-0.15, -0.1) is 10.2 Å². The zero-order chi connectivity index (χ0) is 20.5. The highest BCUT2D eigenvalue weighted by atomic mass is 16.2. The third-order valence-electron chi connectivity index (χ3n) is 5.69. The van der Waals surface area contributed by atoms with Crippen LogP contribution in [0, 0.1) is 0 Å². The summed E-state index contributed by atoms with van der Waals surface area (Å²) < 4.78 is 3.79. The Morgan fingerprint density at radius 3 is 2.33 bits per heavy atom. The van der Waals surface area contributed by atoms with Gasteiger partial charge in [0.25, 0.3) is 5.91 Å². The van der Waals surface area contributed by atoms with Crippen molar-refractivity contribution in [1.29, 1.82) is 0 Å². The molecule has 30 heavy (non-hydrogen) atoms. The lowest BCUT2D eigenvalue weighted by Crippen LogP contribution is -2.33. The molecule has 150 valence electrons. The Labute approximate surface area is 174 Å². The van der Waals surface area contributed by atoms with Crippen molar-refractivity contribution in [3.8, 4) is 16.9 Å². The zero-order valence-corrected chi connectivity index (χ0v) is 16.8. The Bertz CT molecular complexity index is 1160. The average Bonchev–Trinajstić information content (AvgIpc) is 3.37. The molecule has 0 radical (unpaired) electrons. The number of hydrogen-bond donors (Lipinski definition) is 0. The first-order valence-corrected chi connectivity index (χ1v) is 10.1. The molecule has 0 saturated heterocycles. The Hall–Kier alpha value is -3.74. The number of aryl methyl sites for hydroxylation is 1. The minimum Gasteiger partial charge on any atom is -0.338 e. The maximum atomic E-state index is 13.1. The number of rotatable bonds is 3. The van der Waals surface area contributed by atoms with Crippen molar-refractivity contribution in [2.45, 2.75) is 12.8 Å². The molecule has 4 aromatic rings. The van der Waals surface area contributed by atoms with Crippen LogP contribution in [0.4, 0.5) is 0 Å². The van der Waals surface area contributed by atoms with Crippen molar-refractivity contribution in [3.63, 3.8) is 0 Å². The lowest BCUT2D eigenvalue weighted by molar-refractivity contribution is 0.0762. The van der Waals surface area contributed by atoms with Gasteiger partial charge in [-0.25, -0.2) is 0 Å². The smallest absolute Gasteiger partial charge is 0.253 e. The van der Waals surface area contributed by atoms with Gasteiger partial charge < -0.3 is 4.90 Å². The number of aromatic nitrogens is 5. The molecule has 0 bridgehead atoms. The molecule has 0 fully saturated rings. The van der Waals surface area contributed by atoms with E-state index in [1.54, 1.807) is 12.7 Å². The van der Waals surface area contributed by atoms with E-state index in [9.17, 15) is 4.79 Å². The molecule has 1 aliphatic heterocycles. The number of amides is 1. The summed E-state index contributed by atoms with van der Waals surface area (Å²) in [6.45, 7) is 1.37. The van der Waals surface area contributed by atoms with Gasteiger partial charge in [0.05, 0.1) is 5.69 Å². The summed E-state index contributed by atoms with van der Waals surface area (Å²) >= 11 is 0. The monoisotopic (exact) mass is 398 g/mol. The van der Waals surface area contributed by atoms with Crippen LogP contribution >= 0.6 is 0 Å². The van der Waals surface area contributed by atoms with Crippen LogP contribution in [0.25, 0.3) is 16.9 Å². The van der Waals surface area contributed by atoms with Gasteiger partial charge in [0.1, 0.15) is 12.7 Å². The maximum absolute atomic E-state index is 13.1. The van der Waals surface area contributed by atoms with Crippen LogP contribution in [-0.2, 0) is 19.9 Å². The molecule has 7 nitrogen and oxygen atoms in total. The molecule has 0 spiro atoms. The highest BCUT2D eigenvalue weighted by Gasteiger charge is 2.25. The molecule has 0 atom stereocenters. The predicted molar refractivity (Wildman–Crippen MR) is 113 cm³/mol. The van der Waals surface area contributed by atoms with E-state index in [0.717, 1.165) is 29.8 Å². The van der Waals surface area contributed by atoms with Crippen LogP contribution in [0.2, 0.25) is 0 Å². The summed E-state index contributed by atoms with van der Waals surface area (Å²) in [5, 5.41) is 12.4. The van der Waals surface area contributed by atoms with E-state index >= 15 is 0 Å². The lowest BCUT2D eigenvalue weighted by atomic mass is 10.0. The molecular weight excluding hydrogens is 376 g/mol. The fourth-order valence-corrected chi connectivity index (χ4v) is 4.10. The van der Waals surface area contributed by atoms with Gasteiger partial charge in [-0.2, -0.15) is 5.10 Å². The van der Waals surface area contributed by atoms with Crippen LogP contribution in [0.3, 0.4) is 0 Å². The van der Waals surface area contributed by atoms with Crippen molar-refractivity contribution in [2.75, 3.05) is 13.1 Å². The van der Waals surface area contributed by atoms with Gasteiger partial charge in [0.2, 0.25) is 0 Å². The quantitative estimate of drug-likeness (QED) is 0.532. The molecule has 5 rings (SSSR count). The second-order valence-electron chi connectivity index (χ2n) is 7.47. The number of benzene rings is 2. The number of carbonyl (C=O) groups excluding carboxylic acids is 1. The summed E-state index contributed by atoms with van der Waals surface area (Å²) in [5.41, 5.74) is 6.24. The van der Waals surface area contributed by atoms with E-state index in [2.05, 4.69) is 22.3 Å². The molecule has 0 unspecified atom stereocenters. The fourth-order valence-electron chi connectivity index (χ4n) is 4.10. The van der Waals surface area contributed by atoms with Crippen molar-refractivity contribution >= 4 is 5.91 Å². The van der Waals surface area contributed by atoms with E-state index in [0.29, 0.717) is 18.7 Å². The number of hydrogen-bond acceptors (Lipinski definition) is 4. The molecule has 1 aliphatic rings. The predicted octanol–water partition coefficient (Wildman–Crippen LogP) is 2.91. The van der Waals surface area contributed by atoms with Crippen LogP contribution in [0.5, 0.6) is 0 Å². The Balaban J connectivity index is 1.36. The summed E-state index contributed by atoms with van der Waals surface area (Å²) in [6, 6.07) is 17.8. The Kier molecular flexibility index (Phi) is 4.63. The maximum Gasteiger partial charge on any atom is 0.253 e. The SMILES string of the molecule is Cn1nc(-c2ccccc2)c2c1CCN(C(=O)c1ccc(-n3cnnc3)cc1)CC2. The zero-order valence-electron chi connectivity index (χ0n) is 16.8. The molecule has 2 aromatic heterocycles. The van der Waals surface area contributed by atoms with Gasteiger partial charge in [0, 0.05) is 54.6 Å². The topological polar surface area (TPSA) is 68.8 Å². The second-order valence-corrected chi connectivity index (χ2v) is 7.47. The molecule has 7 heteroatoms. The number of nitrogens with zero attached hydrogens (tertiary/aromatic N) is 6. The molecule has 0 saturated carbocycles. The first kappa shape index (κ1) is 18.3. The minimum atomic E-state index is 0.0623. The van der Waals surface area contributed by atoms with Crippen molar-refractivity contribution in [3.05, 3.63) is 84.1 Å². The highest BCUT2D eigenvalue weighted by Crippen LogP contribution is 2.28. The molecule has 3 heterocycles. The van der Waals surface area contributed by atoms with Crippen molar-refractivity contribution in [2.24, 2.45) is 7.05 Å². The minimum absolute atomic E-state index is 0.0623. The van der Waals surface area contributed by atoms with Gasteiger partial charge in [-0.3, -0.25) is 14.0 Å². The van der Waals surface area contributed by atoms with E-state index < -0.39 is 0 Å². The van der Waals surface area contributed by atoms with Gasteiger partial charge >= 0.3 is 0 Å². The van der Waals surface area contributed by atoms with Crippen LogP contribution < -0.4 is 0 Å². The molecular formula is C23H22N6O. The third-order valence-corrected chi connectivity index (χ3v) is 5.69. The van der Waals surface area contributed by atoms with Crippen LogP contribution in [0.15, 0.2) is 67.3 Å². The molecule has 2 aromatic carbocycles. The second kappa shape index (κ2) is 7.59. The van der Waals surface area contributed by atoms with E-state index in [4.69, 9.17) is 5.10 Å². The van der Waals surface area contributed by atoms with Crippen molar-refractivity contribution < 1.29 is 4.79 Å². The highest BCUT2D eigenvalue weighted by molar-refractivity contribution is 5.94. The summed E-state index contributed by atoms with van der Waals surface area (Å²) in [4.78, 5) is 15.1. The normalized spacial score (nSPS) is 13.7. The summed E-state index contributed by atoms with van der Waals surface area (Å²) in [7, 11) is 1.99. The van der Waals surface area contributed by atoms with E-state index in [-0.39, 0.29) is 5.91 Å². The van der Waals surface area contributed by atoms with Crippen LogP contribution in [0.1, 0.15) is 21.6 Å². The molecule has 0 N–H and O–H groups in total. The van der Waals surface area contributed by atoms with Gasteiger partial charge in [-0.1, -0.05) is 30.3 Å². The Morgan fingerprint density at radius 1 is 0.900 bits per heavy atom. The Morgan fingerprint density at radius 2 is 1.60 bits per heavy atom. The standard InChI is InChI=1S/C23H22N6O/c1-27-21-12-14-28(13-11-20(21)22(26-27)17-5-3-2-4-6-17)23(30)18-7-9-19(10-8-18)29-15-24-25-16-29/h2-10,15-16H,11-14H2,1H3. The summed E-state index contributed by atoms with van der Waals surface area (Å²) in [5.74, 6) is 0.0623. The van der Waals surface area contributed by atoms with Gasteiger partial charge in [-0.05, 0) is 30.7 Å². The van der Waals surface area contributed by atoms with Crippen LogP contribution in [-0.4, -0.2) is 48.4 Å².